The van der Waals surface area contributed by atoms with Crippen molar-refractivity contribution < 1.29 is 9.59 Å². The van der Waals surface area contributed by atoms with Crippen LogP contribution in [0.15, 0.2) is 66.7 Å². The molecule has 0 fully saturated rings. The number of rotatable bonds is 5. The molecule has 0 saturated heterocycles. The molecule has 4 nitrogen and oxygen atoms in total. The monoisotopic (exact) mass is 304 g/mol. The summed E-state index contributed by atoms with van der Waals surface area (Å²) in [5.74, 6) is 0.255. The van der Waals surface area contributed by atoms with E-state index in [0.29, 0.717) is 11.4 Å². The first kappa shape index (κ1) is 14.9. The highest BCUT2D eigenvalue weighted by molar-refractivity contribution is 6.00. The SMILES string of the molecule is O=C(CCC(=O)c1ccccc1)Nc1ccc2ccccc2n1. The van der Waals surface area contributed by atoms with E-state index in [0.717, 1.165) is 10.9 Å². The Morgan fingerprint density at radius 2 is 1.57 bits per heavy atom. The van der Waals surface area contributed by atoms with Gasteiger partial charge in [0.25, 0.3) is 0 Å². The number of anilines is 1. The van der Waals surface area contributed by atoms with Crippen LogP contribution in [0.2, 0.25) is 0 Å². The number of Topliss-reactive ketones (excluding diaryl/α,β-unsaturated/α-hetero) is 1. The van der Waals surface area contributed by atoms with Crippen LogP contribution in [0.5, 0.6) is 0 Å². The van der Waals surface area contributed by atoms with Crippen LogP contribution in [-0.4, -0.2) is 16.7 Å². The van der Waals surface area contributed by atoms with Gasteiger partial charge in [0, 0.05) is 23.8 Å². The van der Waals surface area contributed by atoms with Gasteiger partial charge in [0.1, 0.15) is 5.82 Å². The maximum absolute atomic E-state index is 12.0. The summed E-state index contributed by atoms with van der Waals surface area (Å²) in [7, 11) is 0. The summed E-state index contributed by atoms with van der Waals surface area (Å²) < 4.78 is 0. The summed E-state index contributed by atoms with van der Waals surface area (Å²) >= 11 is 0. The Hall–Kier alpha value is -3.01. The summed E-state index contributed by atoms with van der Waals surface area (Å²) in [6.45, 7) is 0. The van der Waals surface area contributed by atoms with Crippen LogP contribution in [0, 0.1) is 0 Å². The Morgan fingerprint density at radius 3 is 2.39 bits per heavy atom. The standard InChI is InChI=1S/C19H16N2O2/c22-17(15-7-2-1-3-8-15)11-13-19(23)21-18-12-10-14-6-4-5-9-16(14)20-18/h1-10,12H,11,13H2,(H,20,21,23). The molecule has 0 atom stereocenters. The highest BCUT2D eigenvalue weighted by Gasteiger charge is 2.09. The van der Waals surface area contributed by atoms with E-state index in [-0.39, 0.29) is 24.5 Å². The molecule has 23 heavy (non-hydrogen) atoms. The van der Waals surface area contributed by atoms with Gasteiger partial charge in [0.2, 0.25) is 5.91 Å². The van der Waals surface area contributed by atoms with E-state index < -0.39 is 0 Å². The molecule has 4 heteroatoms. The minimum Gasteiger partial charge on any atom is -0.311 e. The van der Waals surface area contributed by atoms with Crippen molar-refractivity contribution in [3.63, 3.8) is 0 Å². The van der Waals surface area contributed by atoms with Gasteiger partial charge in [0.15, 0.2) is 5.78 Å². The third-order valence-electron chi connectivity index (χ3n) is 3.54. The Morgan fingerprint density at radius 1 is 0.826 bits per heavy atom. The summed E-state index contributed by atoms with van der Waals surface area (Å²) in [6, 6.07) is 20.4. The predicted octanol–water partition coefficient (Wildman–Crippen LogP) is 3.84. The molecule has 0 spiro atoms. The summed E-state index contributed by atoms with van der Waals surface area (Å²) in [4.78, 5) is 28.3. The smallest absolute Gasteiger partial charge is 0.225 e. The van der Waals surface area contributed by atoms with Gasteiger partial charge in [-0.3, -0.25) is 9.59 Å². The molecule has 2 aromatic carbocycles. The van der Waals surface area contributed by atoms with E-state index in [2.05, 4.69) is 10.3 Å². The van der Waals surface area contributed by atoms with E-state index >= 15 is 0 Å². The first-order valence-corrected chi connectivity index (χ1v) is 7.46. The zero-order valence-corrected chi connectivity index (χ0v) is 12.5. The van der Waals surface area contributed by atoms with Crippen molar-refractivity contribution in [1.29, 1.82) is 0 Å². The minimum absolute atomic E-state index is 0.0350. The van der Waals surface area contributed by atoms with Crippen LogP contribution in [0.25, 0.3) is 10.9 Å². The molecule has 0 aliphatic carbocycles. The van der Waals surface area contributed by atoms with Gasteiger partial charge in [-0.2, -0.15) is 0 Å². The Labute approximate surface area is 134 Å². The molecule has 0 saturated carbocycles. The molecule has 0 aliphatic heterocycles. The molecule has 1 amide bonds. The number of benzene rings is 2. The zero-order valence-electron chi connectivity index (χ0n) is 12.5. The van der Waals surface area contributed by atoms with Gasteiger partial charge < -0.3 is 5.32 Å². The second-order valence-electron chi connectivity index (χ2n) is 5.23. The number of hydrogen-bond acceptors (Lipinski definition) is 3. The molecule has 0 radical (unpaired) electrons. The van der Waals surface area contributed by atoms with Gasteiger partial charge in [-0.15, -0.1) is 0 Å². The lowest BCUT2D eigenvalue weighted by Crippen LogP contribution is -2.14. The normalized spacial score (nSPS) is 10.4. The Balaban J connectivity index is 1.59. The highest BCUT2D eigenvalue weighted by atomic mass is 16.2. The van der Waals surface area contributed by atoms with Crippen molar-refractivity contribution in [3.05, 3.63) is 72.3 Å². The molecular weight excluding hydrogens is 288 g/mol. The molecule has 1 N–H and O–H groups in total. The number of ketones is 1. The summed E-state index contributed by atoms with van der Waals surface area (Å²) in [6.07, 6.45) is 0.325. The van der Waals surface area contributed by atoms with Crippen molar-refractivity contribution in [1.82, 2.24) is 4.98 Å². The van der Waals surface area contributed by atoms with Crippen molar-refractivity contribution in [2.75, 3.05) is 5.32 Å². The Bertz CT molecular complexity index is 844. The number of fused-ring (bicyclic) bond motifs is 1. The van der Waals surface area contributed by atoms with Gasteiger partial charge in [0.05, 0.1) is 5.52 Å². The van der Waals surface area contributed by atoms with Crippen molar-refractivity contribution >= 4 is 28.4 Å². The van der Waals surface area contributed by atoms with Crippen LogP contribution < -0.4 is 5.32 Å². The molecule has 0 aliphatic rings. The van der Waals surface area contributed by atoms with Crippen molar-refractivity contribution in [2.24, 2.45) is 0 Å². The average molecular weight is 304 g/mol. The third kappa shape index (κ3) is 3.80. The third-order valence-corrected chi connectivity index (χ3v) is 3.54. The van der Waals surface area contributed by atoms with Gasteiger partial charge in [-0.1, -0.05) is 48.5 Å². The van der Waals surface area contributed by atoms with E-state index in [1.165, 1.54) is 0 Å². The number of amides is 1. The molecule has 114 valence electrons. The summed E-state index contributed by atoms with van der Waals surface area (Å²) in [5, 5.41) is 3.76. The fraction of sp³-hybridized carbons (Fsp3) is 0.105. The number of nitrogens with one attached hydrogen (secondary N) is 1. The van der Waals surface area contributed by atoms with Crippen LogP contribution >= 0.6 is 0 Å². The molecular formula is C19H16N2O2. The first-order valence-electron chi connectivity index (χ1n) is 7.46. The maximum Gasteiger partial charge on any atom is 0.225 e. The second-order valence-corrected chi connectivity index (χ2v) is 5.23. The lowest BCUT2D eigenvalue weighted by atomic mass is 10.1. The number of hydrogen-bond donors (Lipinski definition) is 1. The zero-order chi connectivity index (χ0) is 16.1. The van der Waals surface area contributed by atoms with Gasteiger partial charge >= 0.3 is 0 Å². The molecule has 3 aromatic rings. The lowest BCUT2D eigenvalue weighted by molar-refractivity contribution is -0.116. The van der Waals surface area contributed by atoms with Crippen molar-refractivity contribution in [3.8, 4) is 0 Å². The number of aromatic nitrogens is 1. The van der Waals surface area contributed by atoms with Crippen molar-refractivity contribution in [2.45, 2.75) is 12.8 Å². The fourth-order valence-corrected chi connectivity index (χ4v) is 2.34. The van der Waals surface area contributed by atoms with Crippen LogP contribution in [0.4, 0.5) is 5.82 Å². The van der Waals surface area contributed by atoms with E-state index in [1.54, 1.807) is 18.2 Å². The largest absolute Gasteiger partial charge is 0.311 e. The fourth-order valence-electron chi connectivity index (χ4n) is 2.34. The summed E-state index contributed by atoms with van der Waals surface area (Å²) in [5.41, 5.74) is 1.45. The topological polar surface area (TPSA) is 59.1 Å². The molecule has 3 rings (SSSR count). The molecule has 1 aromatic heterocycles. The number of nitrogens with zero attached hydrogens (tertiary/aromatic N) is 1. The minimum atomic E-state index is -0.211. The van der Waals surface area contributed by atoms with E-state index in [1.807, 2.05) is 48.5 Å². The van der Waals surface area contributed by atoms with Crippen LogP contribution in [0.3, 0.4) is 0 Å². The number of pyridine rings is 1. The van der Waals surface area contributed by atoms with Gasteiger partial charge in [-0.25, -0.2) is 4.98 Å². The maximum atomic E-state index is 12.0. The van der Waals surface area contributed by atoms with E-state index in [9.17, 15) is 9.59 Å². The van der Waals surface area contributed by atoms with Crippen LogP contribution in [-0.2, 0) is 4.79 Å². The highest BCUT2D eigenvalue weighted by Crippen LogP contribution is 2.15. The second kappa shape index (κ2) is 6.83. The van der Waals surface area contributed by atoms with E-state index in [4.69, 9.17) is 0 Å². The Kier molecular flexibility index (Phi) is 4.43. The number of para-hydroxylation sites is 1. The quantitative estimate of drug-likeness (QED) is 0.729. The van der Waals surface area contributed by atoms with Gasteiger partial charge in [-0.05, 0) is 18.2 Å². The first-order chi connectivity index (χ1) is 11.2. The lowest BCUT2D eigenvalue weighted by Gasteiger charge is -2.05. The van der Waals surface area contributed by atoms with Crippen LogP contribution in [0.1, 0.15) is 23.2 Å². The molecule has 0 unspecified atom stereocenters. The molecule has 1 heterocycles. The molecule has 0 bridgehead atoms. The number of carbonyl (C=O) groups is 2. The predicted molar refractivity (Wildman–Crippen MR) is 90.4 cm³/mol. The average Bonchev–Trinajstić information content (AvgIpc) is 2.60. The number of carbonyl (C=O) groups excluding carboxylic acids is 2.